The molecule has 1 N–H and O–H groups in total. The third kappa shape index (κ3) is 4.27. The van der Waals surface area contributed by atoms with Gasteiger partial charge in [-0.05, 0) is 30.5 Å². The molecule has 0 saturated heterocycles. The van der Waals surface area contributed by atoms with Gasteiger partial charge >= 0.3 is 0 Å². The van der Waals surface area contributed by atoms with Crippen molar-refractivity contribution in [2.75, 3.05) is 20.3 Å². The highest BCUT2D eigenvalue weighted by molar-refractivity contribution is 5.29. The van der Waals surface area contributed by atoms with Gasteiger partial charge in [0.2, 0.25) is 0 Å². The normalized spacial score (nSPS) is 14.8. The number of ether oxygens (including phenoxy) is 2. The molecular formula is C14H20FNO2. The second kappa shape index (κ2) is 6.71. The van der Waals surface area contributed by atoms with Gasteiger partial charge in [-0.1, -0.05) is 6.07 Å². The lowest BCUT2D eigenvalue weighted by molar-refractivity contribution is 0.170. The minimum atomic E-state index is -0.289. The standard InChI is InChI=1S/C14H20FNO2/c1-17-7-2-8-18-14-6-3-11(9-13(14)15)10-16-12-4-5-12/h3,6,9,12,16H,2,4-5,7-8,10H2,1H3. The van der Waals surface area contributed by atoms with Gasteiger partial charge in [-0.3, -0.25) is 0 Å². The van der Waals surface area contributed by atoms with Gasteiger partial charge in [0.1, 0.15) is 0 Å². The minimum absolute atomic E-state index is 0.289. The van der Waals surface area contributed by atoms with Gasteiger partial charge in [0.15, 0.2) is 11.6 Å². The summed E-state index contributed by atoms with van der Waals surface area (Å²) in [5.41, 5.74) is 0.962. The average Bonchev–Trinajstić information content (AvgIpc) is 3.18. The summed E-state index contributed by atoms with van der Waals surface area (Å²) in [6, 6.07) is 5.79. The summed E-state index contributed by atoms with van der Waals surface area (Å²) < 4.78 is 24.0. The zero-order valence-electron chi connectivity index (χ0n) is 10.7. The molecule has 1 aromatic carbocycles. The van der Waals surface area contributed by atoms with Crippen LogP contribution in [0.5, 0.6) is 5.75 Å². The molecule has 0 radical (unpaired) electrons. The Hall–Kier alpha value is -1.13. The average molecular weight is 253 g/mol. The smallest absolute Gasteiger partial charge is 0.165 e. The number of hydrogen-bond donors (Lipinski definition) is 1. The molecule has 18 heavy (non-hydrogen) atoms. The molecule has 1 aromatic rings. The van der Waals surface area contributed by atoms with E-state index in [2.05, 4.69) is 5.32 Å². The van der Waals surface area contributed by atoms with Gasteiger partial charge in [-0.25, -0.2) is 4.39 Å². The predicted molar refractivity (Wildman–Crippen MR) is 68.2 cm³/mol. The van der Waals surface area contributed by atoms with Crippen molar-refractivity contribution in [1.82, 2.24) is 5.32 Å². The number of nitrogens with one attached hydrogen (secondary N) is 1. The minimum Gasteiger partial charge on any atom is -0.490 e. The van der Waals surface area contributed by atoms with E-state index in [1.54, 1.807) is 19.2 Å². The zero-order valence-corrected chi connectivity index (χ0v) is 10.7. The van der Waals surface area contributed by atoms with Crippen molar-refractivity contribution in [3.05, 3.63) is 29.6 Å². The Morgan fingerprint density at radius 1 is 1.33 bits per heavy atom. The maximum Gasteiger partial charge on any atom is 0.165 e. The Balaban J connectivity index is 1.79. The van der Waals surface area contributed by atoms with E-state index in [4.69, 9.17) is 9.47 Å². The summed E-state index contributed by atoms with van der Waals surface area (Å²) in [5.74, 6) is 0.0313. The van der Waals surface area contributed by atoms with Crippen LogP contribution in [0, 0.1) is 5.82 Å². The molecule has 1 aliphatic carbocycles. The van der Waals surface area contributed by atoms with Crippen molar-refractivity contribution in [2.24, 2.45) is 0 Å². The molecule has 2 rings (SSSR count). The molecule has 4 heteroatoms. The summed E-state index contributed by atoms with van der Waals surface area (Å²) in [6.45, 7) is 1.83. The fraction of sp³-hybridized carbons (Fsp3) is 0.571. The molecule has 0 aromatic heterocycles. The Bertz CT molecular complexity index is 380. The van der Waals surface area contributed by atoms with Crippen LogP contribution in [0.25, 0.3) is 0 Å². The zero-order chi connectivity index (χ0) is 12.8. The topological polar surface area (TPSA) is 30.5 Å². The first-order valence-electron chi connectivity index (χ1n) is 6.43. The van der Waals surface area contributed by atoms with E-state index in [0.29, 0.717) is 25.0 Å². The van der Waals surface area contributed by atoms with Crippen LogP contribution in [-0.4, -0.2) is 26.4 Å². The van der Waals surface area contributed by atoms with Crippen molar-refractivity contribution in [1.29, 1.82) is 0 Å². The molecule has 0 spiro atoms. The van der Waals surface area contributed by atoms with Gasteiger partial charge in [-0.15, -0.1) is 0 Å². The quantitative estimate of drug-likeness (QED) is 0.722. The van der Waals surface area contributed by atoms with Crippen LogP contribution in [-0.2, 0) is 11.3 Å². The van der Waals surface area contributed by atoms with Crippen LogP contribution in [0.4, 0.5) is 4.39 Å². The van der Waals surface area contributed by atoms with Crippen LogP contribution in [0.2, 0.25) is 0 Å². The van der Waals surface area contributed by atoms with E-state index in [9.17, 15) is 4.39 Å². The first-order chi connectivity index (χ1) is 8.79. The van der Waals surface area contributed by atoms with Gasteiger partial charge in [-0.2, -0.15) is 0 Å². The summed E-state index contributed by atoms with van der Waals surface area (Å²) in [6.07, 6.45) is 3.24. The third-order valence-corrected chi connectivity index (χ3v) is 2.92. The molecular weight excluding hydrogens is 233 g/mol. The number of benzene rings is 1. The second-order valence-electron chi connectivity index (χ2n) is 4.61. The van der Waals surface area contributed by atoms with Crippen molar-refractivity contribution >= 4 is 0 Å². The van der Waals surface area contributed by atoms with E-state index in [0.717, 1.165) is 18.5 Å². The largest absolute Gasteiger partial charge is 0.490 e. The highest BCUT2D eigenvalue weighted by Gasteiger charge is 2.20. The van der Waals surface area contributed by atoms with Gasteiger partial charge in [0.25, 0.3) is 0 Å². The maximum absolute atomic E-state index is 13.7. The van der Waals surface area contributed by atoms with E-state index < -0.39 is 0 Å². The summed E-state index contributed by atoms with van der Waals surface area (Å²) in [5, 5.41) is 3.36. The SMILES string of the molecule is COCCCOc1ccc(CNC2CC2)cc1F. The van der Waals surface area contributed by atoms with Crippen molar-refractivity contribution in [3.8, 4) is 5.75 Å². The Morgan fingerprint density at radius 2 is 2.17 bits per heavy atom. The molecule has 1 saturated carbocycles. The lowest BCUT2D eigenvalue weighted by Crippen LogP contribution is -2.15. The van der Waals surface area contributed by atoms with E-state index in [1.165, 1.54) is 12.8 Å². The fourth-order valence-electron chi connectivity index (χ4n) is 1.71. The van der Waals surface area contributed by atoms with Gasteiger partial charge < -0.3 is 14.8 Å². The first-order valence-corrected chi connectivity index (χ1v) is 6.43. The molecule has 1 fully saturated rings. The molecule has 0 aliphatic heterocycles. The second-order valence-corrected chi connectivity index (χ2v) is 4.61. The van der Waals surface area contributed by atoms with Crippen molar-refractivity contribution in [3.63, 3.8) is 0 Å². The molecule has 0 heterocycles. The summed E-state index contributed by atoms with van der Waals surface area (Å²) >= 11 is 0. The monoisotopic (exact) mass is 253 g/mol. The lowest BCUT2D eigenvalue weighted by Gasteiger charge is -2.09. The molecule has 1 aliphatic rings. The van der Waals surface area contributed by atoms with Crippen LogP contribution in [0.3, 0.4) is 0 Å². The Morgan fingerprint density at radius 3 is 2.83 bits per heavy atom. The summed E-state index contributed by atoms with van der Waals surface area (Å²) in [7, 11) is 1.64. The Kier molecular flexibility index (Phi) is 4.96. The van der Waals surface area contributed by atoms with E-state index in [1.807, 2.05) is 6.07 Å². The van der Waals surface area contributed by atoms with E-state index >= 15 is 0 Å². The number of methoxy groups -OCH3 is 1. The van der Waals surface area contributed by atoms with Crippen molar-refractivity contribution in [2.45, 2.75) is 31.8 Å². The van der Waals surface area contributed by atoms with E-state index in [-0.39, 0.29) is 5.82 Å². The maximum atomic E-state index is 13.7. The predicted octanol–water partition coefficient (Wildman–Crippen LogP) is 2.49. The highest BCUT2D eigenvalue weighted by atomic mass is 19.1. The molecule has 0 amide bonds. The molecule has 100 valence electrons. The van der Waals surface area contributed by atoms with Gasteiger partial charge in [0, 0.05) is 32.7 Å². The van der Waals surface area contributed by atoms with Crippen LogP contribution in [0.1, 0.15) is 24.8 Å². The van der Waals surface area contributed by atoms with Crippen molar-refractivity contribution < 1.29 is 13.9 Å². The molecule has 0 atom stereocenters. The lowest BCUT2D eigenvalue weighted by atomic mass is 10.2. The van der Waals surface area contributed by atoms with Crippen LogP contribution in [0.15, 0.2) is 18.2 Å². The summed E-state index contributed by atoms with van der Waals surface area (Å²) in [4.78, 5) is 0. The first kappa shape index (κ1) is 13.3. The number of halogens is 1. The van der Waals surface area contributed by atoms with Crippen LogP contribution < -0.4 is 10.1 Å². The van der Waals surface area contributed by atoms with Gasteiger partial charge in [0.05, 0.1) is 6.61 Å². The molecule has 0 unspecified atom stereocenters. The molecule has 0 bridgehead atoms. The molecule has 3 nitrogen and oxygen atoms in total. The third-order valence-electron chi connectivity index (χ3n) is 2.92. The number of hydrogen-bond acceptors (Lipinski definition) is 3. The highest BCUT2D eigenvalue weighted by Crippen LogP contribution is 2.21. The van der Waals surface area contributed by atoms with Crippen LogP contribution >= 0.6 is 0 Å². The fourth-order valence-corrected chi connectivity index (χ4v) is 1.71. The number of rotatable bonds is 8. The Labute approximate surface area is 107 Å².